The third-order valence-corrected chi connectivity index (χ3v) is 7.95. The lowest BCUT2D eigenvalue weighted by atomic mass is 9.85. The van der Waals surface area contributed by atoms with Gasteiger partial charge < -0.3 is 15.1 Å². The van der Waals surface area contributed by atoms with E-state index in [0.717, 1.165) is 23.1 Å². The Bertz CT molecular complexity index is 1440. The monoisotopic (exact) mass is 550 g/mol. The highest BCUT2D eigenvalue weighted by atomic mass is 16.2. The lowest BCUT2D eigenvalue weighted by Gasteiger charge is -2.31. The second kappa shape index (κ2) is 11.6. The minimum atomic E-state index is -0.561. The van der Waals surface area contributed by atoms with Gasteiger partial charge in [-0.2, -0.15) is 0 Å². The molecule has 0 spiro atoms. The minimum absolute atomic E-state index is 0.00847. The molecule has 0 aromatic heterocycles. The summed E-state index contributed by atoms with van der Waals surface area (Å²) >= 11 is 0. The molecule has 2 aliphatic heterocycles. The van der Waals surface area contributed by atoms with Crippen LogP contribution in [0.2, 0.25) is 0 Å². The molecular weight excluding hydrogens is 512 g/mol. The normalized spacial score (nSPS) is 17.0. The van der Waals surface area contributed by atoms with Gasteiger partial charge in [0.2, 0.25) is 5.91 Å². The van der Waals surface area contributed by atoms with Gasteiger partial charge in [0.05, 0.1) is 23.9 Å². The summed E-state index contributed by atoms with van der Waals surface area (Å²) in [5, 5.41) is 3.00. The molecule has 212 valence electrons. The number of hydrogen-bond acceptors (Lipinski definition) is 3. The number of amides is 4. The van der Waals surface area contributed by atoms with Crippen molar-refractivity contribution >= 4 is 17.8 Å². The Morgan fingerprint density at radius 1 is 0.902 bits per heavy atom. The number of likely N-dealkylation sites (N-methyl/N-ethyl adjacent to an activating group) is 1. The van der Waals surface area contributed by atoms with Crippen molar-refractivity contribution in [2.45, 2.75) is 45.2 Å². The van der Waals surface area contributed by atoms with Crippen LogP contribution in [0.25, 0.3) is 0 Å². The molecule has 0 aliphatic carbocycles. The van der Waals surface area contributed by atoms with E-state index < -0.39 is 6.04 Å². The van der Waals surface area contributed by atoms with Crippen molar-refractivity contribution in [2.24, 2.45) is 0 Å². The molecule has 0 saturated heterocycles. The van der Waals surface area contributed by atoms with Crippen LogP contribution in [0.4, 0.5) is 4.79 Å². The first-order chi connectivity index (χ1) is 19.6. The molecule has 1 N–H and O–H groups in total. The Kier molecular flexibility index (Phi) is 7.97. The van der Waals surface area contributed by atoms with Crippen LogP contribution in [0.1, 0.15) is 49.1 Å². The Hall–Kier alpha value is -4.39. The van der Waals surface area contributed by atoms with Crippen LogP contribution in [-0.2, 0) is 28.0 Å². The summed E-state index contributed by atoms with van der Waals surface area (Å²) in [6.45, 7) is 7.62. The Balaban J connectivity index is 1.35. The predicted octanol–water partition coefficient (Wildman–Crippen LogP) is 5.05. The van der Waals surface area contributed by atoms with Gasteiger partial charge in [0.25, 0.3) is 5.91 Å². The van der Waals surface area contributed by atoms with Gasteiger partial charge in [-0.1, -0.05) is 106 Å². The average Bonchev–Trinajstić information content (AvgIpc) is 3.29. The van der Waals surface area contributed by atoms with Crippen molar-refractivity contribution < 1.29 is 14.4 Å². The standard InChI is InChI=1S/C34H38N4O3/c1-34(2,3)27-17-15-26(16-18-27)31-30-28(36(4)33(41)35-31)22-38(32(30)40)23-29(39)37(21-25-13-9-6-10-14-25)20-19-24-11-7-5-8-12-24/h5-18,31H,19-23H2,1-4H3,(H,35,41). The highest BCUT2D eigenvalue weighted by Crippen LogP contribution is 2.36. The molecule has 4 amide bonds. The van der Waals surface area contributed by atoms with Crippen molar-refractivity contribution in [1.82, 2.24) is 20.0 Å². The first-order valence-corrected chi connectivity index (χ1v) is 14.1. The maximum absolute atomic E-state index is 13.8. The molecule has 2 heterocycles. The zero-order valence-electron chi connectivity index (χ0n) is 24.3. The van der Waals surface area contributed by atoms with Gasteiger partial charge >= 0.3 is 6.03 Å². The molecular formula is C34H38N4O3. The van der Waals surface area contributed by atoms with Crippen molar-refractivity contribution in [3.63, 3.8) is 0 Å². The zero-order valence-corrected chi connectivity index (χ0v) is 24.3. The summed E-state index contributed by atoms with van der Waals surface area (Å²) in [4.78, 5) is 45.3. The summed E-state index contributed by atoms with van der Waals surface area (Å²) < 4.78 is 0. The number of carbonyl (C=O) groups is 3. The highest BCUT2D eigenvalue weighted by molar-refractivity contribution is 6.03. The van der Waals surface area contributed by atoms with Gasteiger partial charge in [0.1, 0.15) is 6.54 Å². The van der Waals surface area contributed by atoms with Crippen LogP contribution >= 0.6 is 0 Å². The number of rotatable bonds is 8. The van der Waals surface area contributed by atoms with Crippen LogP contribution in [-0.4, -0.2) is 59.2 Å². The fourth-order valence-electron chi connectivity index (χ4n) is 5.44. The SMILES string of the molecule is CN1C(=O)NC(c2ccc(C(C)(C)C)cc2)C2=C1CN(CC(=O)N(CCc1ccccc1)Cc1ccccc1)C2=O. The van der Waals surface area contributed by atoms with E-state index in [9.17, 15) is 14.4 Å². The molecule has 41 heavy (non-hydrogen) atoms. The van der Waals surface area contributed by atoms with Gasteiger partial charge in [0, 0.05) is 20.1 Å². The molecule has 0 radical (unpaired) electrons. The fraction of sp³-hybridized carbons (Fsp3) is 0.324. The van der Waals surface area contributed by atoms with E-state index in [1.54, 1.807) is 11.9 Å². The first kappa shape index (κ1) is 28.1. The molecule has 5 rings (SSSR count). The van der Waals surface area contributed by atoms with E-state index in [-0.39, 0.29) is 36.3 Å². The summed E-state index contributed by atoms with van der Waals surface area (Å²) in [5.41, 5.74) is 5.38. The number of benzene rings is 3. The van der Waals surface area contributed by atoms with E-state index in [2.05, 4.69) is 50.4 Å². The summed E-state index contributed by atoms with van der Waals surface area (Å²) in [6.07, 6.45) is 0.718. The molecule has 0 bridgehead atoms. The maximum atomic E-state index is 13.8. The molecule has 3 aromatic rings. The summed E-state index contributed by atoms with van der Waals surface area (Å²) in [6, 6.07) is 27.2. The smallest absolute Gasteiger partial charge is 0.322 e. The molecule has 1 unspecified atom stereocenters. The van der Waals surface area contributed by atoms with Crippen molar-refractivity contribution in [2.75, 3.05) is 26.7 Å². The van der Waals surface area contributed by atoms with E-state index in [0.29, 0.717) is 24.4 Å². The maximum Gasteiger partial charge on any atom is 0.322 e. The molecule has 7 heteroatoms. The number of hydrogen-bond donors (Lipinski definition) is 1. The van der Waals surface area contributed by atoms with E-state index >= 15 is 0 Å². The topological polar surface area (TPSA) is 73.0 Å². The van der Waals surface area contributed by atoms with E-state index in [1.165, 1.54) is 10.5 Å². The lowest BCUT2D eigenvalue weighted by Crippen LogP contribution is -2.45. The third kappa shape index (κ3) is 6.19. The van der Waals surface area contributed by atoms with E-state index in [4.69, 9.17) is 0 Å². The average molecular weight is 551 g/mol. The van der Waals surface area contributed by atoms with Crippen LogP contribution < -0.4 is 5.32 Å². The van der Waals surface area contributed by atoms with E-state index in [1.807, 2.05) is 65.6 Å². The number of nitrogens with one attached hydrogen (secondary N) is 1. The second-order valence-corrected chi connectivity index (χ2v) is 11.9. The van der Waals surface area contributed by atoms with Gasteiger partial charge in [0.15, 0.2) is 0 Å². The predicted molar refractivity (Wildman–Crippen MR) is 160 cm³/mol. The van der Waals surface area contributed by atoms with Gasteiger partial charge in [-0.25, -0.2) is 4.79 Å². The number of nitrogens with zero attached hydrogens (tertiary/aromatic N) is 3. The third-order valence-electron chi connectivity index (χ3n) is 7.95. The Morgan fingerprint density at radius 2 is 1.51 bits per heavy atom. The Labute approximate surface area is 242 Å². The lowest BCUT2D eigenvalue weighted by molar-refractivity contribution is -0.138. The van der Waals surface area contributed by atoms with Crippen LogP contribution in [0.5, 0.6) is 0 Å². The molecule has 0 fully saturated rings. The van der Waals surface area contributed by atoms with Gasteiger partial charge in [-0.05, 0) is 34.1 Å². The first-order valence-electron chi connectivity index (χ1n) is 14.1. The molecule has 2 aliphatic rings. The van der Waals surface area contributed by atoms with Gasteiger partial charge in [-0.3, -0.25) is 14.5 Å². The largest absolute Gasteiger partial charge is 0.337 e. The van der Waals surface area contributed by atoms with Crippen molar-refractivity contribution in [1.29, 1.82) is 0 Å². The quantitative estimate of drug-likeness (QED) is 0.427. The molecule has 0 saturated carbocycles. The fourth-order valence-corrected chi connectivity index (χ4v) is 5.44. The Morgan fingerprint density at radius 3 is 2.12 bits per heavy atom. The molecule has 7 nitrogen and oxygen atoms in total. The minimum Gasteiger partial charge on any atom is -0.337 e. The van der Waals surface area contributed by atoms with Crippen molar-refractivity contribution in [3.05, 3.63) is 118 Å². The highest BCUT2D eigenvalue weighted by Gasteiger charge is 2.43. The number of urea groups is 1. The van der Waals surface area contributed by atoms with Gasteiger partial charge in [-0.15, -0.1) is 0 Å². The van der Waals surface area contributed by atoms with Crippen LogP contribution in [0, 0.1) is 0 Å². The number of carbonyl (C=O) groups excluding carboxylic acids is 3. The van der Waals surface area contributed by atoms with Crippen LogP contribution in [0.3, 0.4) is 0 Å². The molecule has 3 aromatic carbocycles. The second-order valence-electron chi connectivity index (χ2n) is 11.9. The van der Waals surface area contributed by atoms with Crippen LogP contribution in [0.15, 0.2) is 96.2 Å². The summed E-state index contributed by atoms with van der Waals surface area (Å²) in [7, 11) is 1.67. The summed E-state index contributed by atoms with van der Waals surface area (Å²) in [5.74, 6) is -0.334. The van der Waals surface area contributed by atoms with Crippen molar-refractivity contribution in [3.8, 4) is 0 Å². The molecule has 1 atom stereocenters. The zero-order chi connectivity index (χ0) is 29.1.